The Morgan fingerprint density at radius 2 is 1.56 bits per heavy atom. The average Bonchev–Trinajstić information content (AvgIpc) is 2.54. The molecule has 0 radical (unpaired) electrons. The molecule has 1 rings (SSSR count). The van der Waals surface area contributed by atoms with Crippen molar-refractivity contribution in [2.75, 3.05) is 18.8 Å². The third-order valence-corrected chi connectivity index (χ3v) is 6.43. The standard InChI is InChI=1S/C17H32N2O5S/c1-7-25(22,23)18-10-8-15(9-11-18)17(21)24-14(6)16(20)19(12(2)3)13(4)5/h12-15H,7-11H2,1-6H3. The van der Waals surface area contributed by atoms with Crippen LogP contribution in [0.5, 0.6) is 0 Å². The number of hydrogen-bond donors (Lipinski definition) is 0. The summed E-state index contributed by atoms with van der Waals surface area (Å²) in [5, 5.41) is 0. The van der Waals surface area contributed by atoms with Crippen LogP contribution < -0.4 is 0 Å². The summed E-state index contributed by atoms with van der Waals surface area (Å²) in [6, 6.07) is 0.0484. The zero-order valence-corrected chi connectivity index (χ0v) is 17.0. The van der Waals surface area contributed by atoms with Crippen LogP contribution in [0, 0.1) is 5.92 Å². The summed E-state index contributed by atoms with van der Waals surface area (Å²) < 4.78 is 30.5. The van der Waals surface area contributed by atoms with Crippen molar-refractivity contribution in [3.8, 4) is 0 Å². The first-order valence-corrected chi connectivity index (χ1v) is 10.6. The van der Waals surface area contributed by atoms with Gasteiger partial charge in [0.25, 0.3) is 5.91 Å². The molecule has 0 bridgehead atoms. The predicted molar refractivity (Wildman–Crippen MR) is 96.4 cm³/mol. The molecule has 0 saturated carbocycles. The molecule has 0 aromatic carbocycles. The van der Waals surface area contributed by atoms with E-state index in [2.05, 4.69) is 0 Å². The van der Waals surface area contributed by atoms with Gasteiger partial charge in [-0.25, -0.2) is 12.7 Å². The van der Waals surface area contributed by atoms with Crippen molar-refractivity contribution in [2.24, 2.45) is 5.92 Å². The van der Waals surface area contributed by atoms with Crippen molar-refractivity contribution < 1.29 is 22.7 Å². The highest BCUT2D eigenvalue weighted by molar-refractivity contribution is 7.89. The number of rotatable bonds is 7. The summed E-state index contributed by atoms with van der Waals surface area (Å²) in [4.78, 5) is 26.6. The lowest BCUT2D eigenvalue weighted by Gasteiger charge is -2.34. The lowest BCUT2D eigenvalue weighted by molar-refractivity contribution is -0.165. The van der Waals surface area contributed by atoms with Crippen molar-refractivity contribution in [3.63, 3.8) is 0 Å². The first-order chi connectivity index (χ1) is 11.5. The second-order valence-electron chi connectivity index (χ2n) is 7.09. The number of piperidine rings is 1. The second-order valence-corrected chi connectivity index (χ2v) is 9.34. The molecule has 1 saturated heterocycles. The van der Waals surface area contributed by atoms with Crippen LogP contribution in [0.1, 0.15) is 54.4 Å². The molecule has 146 valence electrons. The number of carbonyl (C=O) groups excluding carboxylic acids is 2. The molecule has 1 heterocycles. The third kappa shape index (κ3) is 5.67. The number of sulfonamides is 1. The van der Waals surface area contributed by atoms with Gasteiger partial charge in [-0.05, 0) is 54.4 Å². The highest BCUT2D eigenvalue weighted by Gasteiger charge is 2.34. The molecule has 1 aliphatic heterocycles. The monoisotopic (exact) mass is 376 g/mol. The largest absolute Gasteiger partial charge is 0.452 e. The van der Waals surface area contributed by atoms with Gasteiger partial charge in [0.1, 0.15) is 0 Å². The summed E-state index contributed by atoms with van der Waals surface area (Å²) in [7, 11) is -3.22. The van der Waals surface area contributed by atoms with Crippen molar-refractivity contribution in [1.82, 2.24) is 9.21 Å². The Balaban J connectivity index is 2.61. The summed E-state index contributed by atoms with van der Waals surface area (Å²) in [5.74, 6) is -0.912. The van der Waals surface area contributed by atoms with E-state index in [1.54, 1.807) is 18.7 Å². The molecule has 1 fully saturated rings. The van der Waals surface area contributed by atoms with Crippen molar-refractivity contribution in [1.29, 1.82) is 0 Å². The molecule has 7 nitrogen and oxygen atoms in total. The third-order valence-electron chi connectivity index (χ3n) is 4.55. The number of esters is 1. The van der Waals surface area contributed by atoms with E-state index in [9.17, 15) is 18.0 Å². The SMILES string of the molecule is CCS(=O)(=O)N1CCC(C(=O)OC(C)C(=O)N(C(C)C)C(C)C)CC1. The molecular weight excluding hydrogens is 344 g/mol. The van der Waals surface area contributed by atoms with Crippen LogP contribution in [0.3, 0.4) is 0 Å². The van der Waals surface area contributed by atoms with Crippen LogP contribution in [0.4, 0.5) is 0 Å². The molecule has 0 aliphatic carbocycles. The van der Waals surface area contributed by atoms with Gasteiger partial charge >= 0.3 is 5.97 Å². The number of ether oxygens (including phenoxy) is 1. The average molecular weight is 377 g/mol. The number of nitrogens with zero attached hydrogens (tertiary/aromatic N) is 2. The molecule has 25 heavy (non-hydrogen) atoms. The highest BCUT2D eigenvalue weighted by atomic mass is 32.2. The van der Waals surface area contributed by atoms with E-state index in [0.717, 1.165) is 0 Å². The molecule has 1 atom stereocenters. The quantitative estimate of drug-likeness (QED) is 0.631. The van der Waals surface area contributed by atoms with Gasteiger partial charge in [0.2, 0.25) is 10.0 Å². The first-order valence-electron chi connectivity index (χ1n) is 9.01. The minimum Gasteiger partial charge on any atom is -0.452 e. The van der Waals surface area contributed by atoms with Gasteiger partial charge in [-0.3, -0.25) is 9.59 Å². The van der Waals surface area contributed by atoms with E-state index in [-0.39, 0.29) is 29.7 Å². The minimum atomic E-state index is -3.22. The van der Waals surface area contributed by atoms with Gasteiger partial charge in [-0.2, -0.15) is 0 Å². The Morgan fingerprint density at radius 3 is 1.96 bits per heavy atom. The number of hydrogen-bond acceptors (Lipinski definition) is 5. The van der Waals surface area contributed by atoms with Crippen LogP contribution in [-0.4, -0.2) is 66.5 Å². The van der Waals surface area contributed by atoms with E-state index in [1.165, 1.54) is 4.31 Å². The maximum absolute atomic E-state index is 12.5. The molecule has 8 heteroatoms. The Morgan fingerprint density at radius 1 is 1.08 bits per heavy atom. The zero-order chi connectivity index (χ0) is 19.4. The normalized spacial score (nSPS) is 18.4. The van der Waals surface area contributed by atoms with Gasteiger partial charge in [0.05, 0.1) is 11.7 Å². The van der Waals surface area contributed by atoms with E-state index >= 15 is 0 Å². The Bertz CT molecular complexity index is 558. The molecule has 0 spiro atoms. The van der Waals surface area contributed by atoms with Gasteiger partial charge < -0.3 is 9.64 Å². The molecular formula is C17H32N2O5S. The van der Waals surface area contributed by atoms with Crippen LogP contribution in [0.15, 0.2) is 0 Å². The fraction of sp³-hybridized carbons (Fsp3) is 0.882. The van der Waals surface area contributed by atoms with Gasteiger partial charge in [-0.1, -0.05) is 0 Å². The van der Waals surface area contributed by atoms with E-state index in [0.29, 0.717) is 25.9 Å². The Hall–Kier alpha value is -1.15. The maximum Gasteiger partial charge on any atom is 0.309 e. The Kier molecular flexibility index (Phi) is 7.87. The van der Waals surface area contributed by atoms with E-state index in [1.807, 2.05) is 27.7 Å². The van der Waals surface area contributed by atoms with E-state index in [4.69, 9.17) is 4.74 Å². The van der Waals surface area contributed by atoms with Crippen LogP contribution >= 0.6 is 0 Å². The maximum atomic E-state index is 12.5. The predicted octanol–water partition coefficient (Wildman–Crippen LogP) is 1.63. The first kappa shape index (κ1) is 21.9. The van der Waals surface area contributed by atoms with Crippen molar-refractivity contribution in [3.05, 3.63) is 0 Å². The molecule has 1 unspecified atom stereocenters. The van der Waals surface area contributed by atoms with Crippen molar-refractivity contribution in [2.45, 2.75) is 72.6 Å². The topological polar surface area (TPSA) is 84.0 Å². The lowest BCUT2D eigenvalue weighted by atomic mass is 9.98. The lowest BCUT2D eigenvalue weighted by Crippen LogP contribution is -2.48. The second kappa shape index (κ2) is 8.98. The zero-order valence-electron chi connectivity index (χ0n) is 16.2. The molecule has 0 aromatic heterocycles. The Labute approximate surface area is 151 Å². The summed E-state index contributed by atoms with van der Waals surface area (Å²) in [5.41, 5.74) is 0. The van der Waals surface area contributed by atoms with Crippen molar-refractivity contribution >= 4 is 21.9 Å². The summed E-state index contributed by atoms with van der Waals surface area (Å²) >= 11 is 0. The molecule has 0 aromatic rings. The highest BCUT2D eigenvalue weighted by Crippen LogP contribution is 2.22. The van der Waals surface area contributed by atoms with E-state index < -0.39 is 22.1 Å². The van der Waals surface area contributed by atoms with Crippen LogP contribution in [-0.2, 0) is 24.3 Å². The van der Waals surface area contributed by atoms with Gasteiger partial charge in [0, 0.05) is 25.2 Å². The molecule has 0 N–H and O–H groups in total. The summed E-state index contributed by atoms with van der Waals surface area (Å²) in [6.07, 6.45) is 0.0170. The van der Waals surface area contributed by atoms with Crippen LogP contribution in [0.2, 0.25) is 0 Å². The number of amides is 1. The summed E-state index contributed by atoms with van der Waals surface area (Å²) in [6.45, 7) is 11.6. The molecule has 1 amide bonds. The number of carbonyl (C=O) groups is 2. The smallest absolute Gasteiger partial charge is 0.309 e. The fourth-order valence-corrected chi connectivity index (χ4v) is 4.32. The molecule has 1 aliphatic rings. The van der Waals surface area contributed by atoms with Gasteiger partial charge in [0.15, 0.2) is 6.10 Å². The minimum absolute atomic E-state index is 0.0242. The van der Waals surface area contributed by atoms with Gasteiger partial charge in [-0.15, -0.1) is 0 Å². The van der Waals surface area contributed by atoms with Crippen LogP contribution in [0.25, 0.3) is 0 Å². The fourth-order valence-electron chi connectivity index (χ4n) is 3.19.